The Labute approximate surface area is 215 Å². The van der Waals surface area contributed by atoms with Crippen LogP contribution >= 0.6 is 0 Å². The first-order chi connectivity index (χ1) is 18.0. The molecule has 1 amide bonds. The van der Waals surface area contributed by atoms with Crippen molar-refractivity contribution in [3.8, 4) is 22.4 Å². The SMILES string of the molecule is CCOCC(=O)N1CCC(c2nc3c(-c4ccc(-c5ccccc5)nc4)cnn3c(N)c2C(C)=O)CC1. The van der Waals surface area contributed by atoms with Crippen LogP contribution in [0, 0.1) is 0 Å². The number of rotatable bonds is 7. The number of ketones is 1. The number of hydrogen-bond acceptors (Lipinski definition) is 7. The van der Waals surface area contributed by atoms with Crippen molar-refractivity contribution < 1.29 is 14.3 Å². The van der Waals surface area contributed by atoms with E-state index in [9.17, 15) is 9.59 Å². The van der Waals surface area contributed by atoms with E-state index < -0.39 is 0 Å². The molecule has 9 nitrogen and oxygen atoms in total. The van der Waals surface area contributed by atoms with Crippen LogP contribution in [0.4, 0.5) is 5.82 Å². The van der Waals surface area contributed by atoms with Crippen LogP contribution in [0.15, 0.2) is 54.9 Å². The number of nitrogens with zero attached hydrogens (tertiary/aromatic N) is 5. The lowest BCUT2D eigenvalue weighted by Gasteiger charge is -2.32. The van der Waals surface area contributed by atoms with Crippen LogP contribution in [-0.4, -0.2) is 62.5 Å². The van der Waals surface area contributed by atoms with Gasteiger partial charge in [0, 0.05) is 48.5 Å². The van der Waals surface area contributed by atoms with E-state index in [1.807, 2.05) is 54.3 Å². The number of aromatic nitrogens is 4. The predicted octanol–water partition coefficient (Wildman–Crippen LogP) is 3.99. The smallest absolute Gasteiger partial charge is 0.248 e. The van der Waals surface area contributed by atoms with Gasteiger partial charge in [0.1, 0.15) is 12.4 Å². The van der Waals surface area contributed by atoms with Crippen LogP contribution in [0.2, 0.25) is 0 Å². The summed E-state index contributed by atoms with van der Waals surface area (Å²) in [4.78, 5) is 36.5. The number of hydrogen-bond donors (Lipinski definition) is 1. The monoisotopic (exact) mass is 498 g/mol. The number of benzene rings is 1. The lowest BCUT2D eigenvalue weighted by atomic mass is 9.89. The average Bonchev–Trinajstić information content (AvgIpc) is 3.36. The molecule has 1 aliphatic heterocycles. The standard InChI is InChI=1S/C28H30N6O3/c1-3-37-17-24(36)33-13-11-20(12-14-33)26-25(18(2)35)27(29)34-28(32-26)22(16-31-34)21-9-10-23(30-15-21)19-7-5-4-6-8-19/h4-10,15-16,20H,3,11-14,17,29H2,1-2H3. The quantitative estimate of drug-likeness (QED) is 0.383. The number of anilines is 1. The number of pyridine rings is 1. The van der Waals surface area contributed by atoms with Crippen LogP contribution in [0.3, 0.4) is 0 Å². The van der Waals surface area contributed by atoms with Gasteiger partial charge < -0.3 is 15.4 Å². The number of amides is 1. The molecule has 0 radical (unpaired) electrons. The molecule has 2 N–H and O–H groups in total. The van der Waals surface area contributed by atoms with E-state index >= 15 is 0 Å². The molecule has 37 heavy (non-hydrogen) atoms. The number of Topliss-reactive ketones (excluding diaryl/α,β-unsaturated/α-hetero) is 1. The molecule has 0 bridgehead atoms. The van der Waals surface area contributed by atoms with Gasteiger partial charge in [-0.05, 0) is 32.8 Å². The van der Waals surface area contributed by atoms with Crippen molar-refractivity contribution in [1.82, 2.24) is 24.5 Å². The number of ether oxygens (including phenoxy) is 1. The van der Waals surface area contributed by atoms with Gasteiger partial charge in [0.25, 0.3) is 0 Å². The van der Waals surface area contributed by atoms with Crippen LogP contribution in [-0.2, 0) is 9.53 Å². The fraction of sp³-hybridized carbons (Fsp3) is 0.321. The lowest BCUT2D eigenvalue weighted by molar-refractivity contribution is -0.137. The summed E-state index contributed by atoms with van der Waals surface area (Å²) in [5.74, 6) is 0.119. The fourth-order valence-electron chi connectivity index (χ4n) is 4.91. The summed E-state index contributed by atoms with van der Waals surface area (Å²) >= 11 is 0. The molecule has 9 heteroatoms. The van der Waals surface area contributed by atoms with Crippen molar-refractivity contribution in [1.29, 1.82) is 0 Å². The molecule has 1 fully saturated rings. The fourth-order valence-corrected chi connectivity index (χ4v) is 4.91. The van der Waals surface area contributed by atoms with E-state index in [4.69, 9.17) is 15.5 Å². The Morgan fingerprint density at radius 2 is 1.81 bits per heavy atom. The molecule has 190 valence electrons. The third kappa shape index (κ3) is 4.82. The highest BCUT2D eigenvalue weighted by atomic mass is 16.5. The molecule has 0 aliphatic carbocycles. The highest BCUT2D eigenvalue weighted by Crippen LogP contribution is 2.35. The molecule has 3 aromatic heterocycles. The van der Waals surface area contributed by atoms with E-state index in [1.165, 1.54) is 11.4 Å². The minimum Gasteiger partial charge on any atom is -0.383 e. The maximum absolute atomic E-state index is 12.7. The van der Waals surface area contributed by atoms with Crippen LogP contribution in [0.1, 0.15) is 48.7 Å². The van der Waals surface area contributed by atoms with Crippen molar-refractivity contribution >= 4 is 23.2 Å². The molecule has 0 atom stereocenters. The summed E-state index contributed by atoms with van der Waals surface area (Å²) in [6, 6.07) is 13.9. The second-order valence-corrected chi connectivity index (χ2v) is 9.20. The number of carbonyl (C=O) groups is 2. The zero-order valence-electron chi connectivity index (χ0n) is 21.1. The summed E-state index contributed by atoms with van der Waals surface area (Å²) < 4.78 is 6.80. The number of likely N-dealkylation sites (tertiary alicyclic amines) is 1. The minimum atomic E-state index is -0.150. The molecule has 4 aromatic rings. The zero-order chi connectivity index (χ0) is 25.9. The Morgan fingerprint density at radius 3 is 2.46 bits per heavy atom. The van der Waals surface area contributed by atoms with E-state index in [1.54, 1.807) is 12.4 Å². The molecule has 0 spiro atoms. The molecule has 1 aliphatic rings. The van der Waals surface area contributed by atoms with E-state index in [0.29, 0.717) is 49.4 Å². The molecule has 4 heterocycles. The first-order valence-corrected chi connectivity index (χ1v) is 12.5. The third-order valence-corrected chi connectivity index (χ3v) is 6.87. The number of nitrogen functional groups attached to an aromatic ring is 1. The summed E-state index contributed by atoms with van der Waals surface area (Å²) in [5.41, 5.74) is 11.7. The highest BCUT2D eigenvalue weighted by molar-refractivity contribution is 6.00. The van der Waals surface area contributed by atoms with Crippen LogP contribution in [0.5, 0.6) is 0 Å². The average molecular weight is 499 g/mol. The Balaban J connectivity index is 1.48. The van der Waals surface area contributed by atoms with Gasteiger partial charge in [-0.2, -0.15) is 9.61 Å². The first-order valence-electron chi connectivity index (χ1n) is 12.5. The number of fused-ring (bicyclic) bond motifs is 1. The van der Waals surface area contributed by atoms with Crippen LogP contribution in [0.25, 0.3) is 28.0 Å². The molecule has 1 aromatic carbocycles. The van der Waals surface area contributed by atoms with Gasteiger partial charge in [-0.25, -0.2) is 4.98 Å². The second-order valence-electron chi connectivity index (χ2n) is 9.20. The number of carbonyl (C=O) groups excluding carboxylic acids is 2. The Kier molecular flexibility index (Phi) is 6.96. The van der Waals surface area contributed by atoms with Crippen LogP contribution < -0.4 is 5.73 Å². The zero-order valence-corrected chi connectivity index (χ0v) is 21.1. The largest absolute Gasteiger partial charge is 0.383 e. The molecule has 1 saturated heterocycles. The third-order valence-electron chi connectivity index (χ3n) is 6.87. The van der Waals surface area contributed by atoms with Gasteiger partial charge in [-0.3, -0.25) is 14.6 Å². The molecular formula is C28H30N6O3. The maximum atomic E-state index is 12.7. The van der Waals surface area contributed by atoms with E-state index in [-0.39, 0.29) is 30.0 Å². The molecule has 0 saturated carbocycles. The van der Waals surface area contributed by atoms with Gasteiger partial charge in [0.15, 0.2) is 11.4 Å². The molecular weight excluding hydrogens is 468 g/mol. The van der Waals surface area contributed by atoms with Gasteiger partial charge in [-0.15, -0.1) is 0 Å². The Morgan fingerprint density at radius 1 is 1.05 bits per heavy atom. The minimum absolute atomic E-state index is 0.00340. The van der Waals surface area contributed by atoms with E-state index in [0.717, 1.165) is 22.4 Å². The molecule has 0 unspecified atom stereocenters. The first kappa shape index (κ1) is 24.6. The highest BCUT2D eigenvalue weighted by Gasteiger charge is 2.30. The normalized spacial score (nSPS) is 14.3. The summed E-state index contributed by atoms with van der Waals surface area (Å²) in [6.45, 7) is 5.13. The second kappa shape index (κ2) is 10.5. The van der Waals surface area contributed by atoms with E-state index in [2.05, 4.69) is 10.1 Å². The topological polar surface area (TPSA) is 116 Å². The summed E-state index contributed by atoms with van der Waals surface area (Å²) in [6.07, 6.45) is 4.90. The van der Waals surface area contributed by atoms with Gasteiger partial charge >= 0.3 is 0 Å². The van der Waals surface area contributed by atoms with Crippen molar-refractivity contribution in [3.05, 3.63) is 66.1 Å². The summed E-state index contributed by atoms with van der Waals surface area (Å²) in [5, 5.41) is 4.45. The van der Waals surface area contributed by atoms with Gasteiger partial charge in [0.2, 0.25) is 5.91 Å². The van der Waals surface area contributed by atoms with Crippen molar-refractivity contribution in [2.45, 2.75) is 32.6 Å². The Bertz CT molecular complexity index is 1420. The van der Waals surface area contributed by atoms with Crippen molar-refractivity contribution in [3.63, 3.8) is 0 Å². The van der Waals surface area contributed by atoms with Gasteiger partial charge in [-0.1, -0.05) is 36.4 Å². The van der Waals surface area contributed by atoms with Crippen molar-refractivity contribution in [2.75, 3.05) is 32.0 Å². The maximum Gasteiger partial charge on any atom is 0.248 e. The Hall–Kier alpha value is -4.11. The predicted molar refractivity (Wildman–Crippen MR) is 141 cm³/mol. The number of piperidine rings is 1. The lowest BCUT2D eigenvalue weighted by Crippen LogP contribution is -2.40. The molecule has 5 rings (SSSR count). The van der Waals surface area contributed by atoms with Gasteiger partial charge in [0.05, 0.1) is 23.1 Å². The number of nitrogens with two attached hydrogens (primary N) is 1. The van der Waals surface area contributed by atoms with Crippen molar-refractivity contribution in [2.24, 2.45) is 0 Å². The summed E-state index contributed by atoms with van der Waals surface area (Å²) in [7, 11) is 0.